The molecule has 0 amide bonds. The highest BCUT2D eigenvalue weighted by Gasteiger charge is 2.33. The Balaban J connectivity index is 1.90. The fourth-order valence-corrected chi connectivity index (χ4v) is 3.20. The van der Waals surface area contributed by atoms with Crippen LogP contribution in [0.15, 0.2) is 42.5 Å². The zero-order chi connectivity index (χ0) is 18.8. The van der Waals surface area contributed by atoms with Gasteiger partial charge in [0.15, 0.2) is 6.29 Å². The van der Waals surface area contributed by atoms with E-state index < -0.39 is 0 Å². The number of allylic oxidation sites excluding steroid dienone is 2. The molecular formula is C23H36O3. The maximum atomic E-state index is 6.29. The van der Waals surface area contributed by atoms with Crippen LogP contribution in [0.1, 0.15) is 71.8 Å². The van der Waals surface area contributed by atoms with Gasteiger partial charge in [-0.1, -0.05) is 55.8 Å². The van der Waals surface area contributed by atoms with Crippen molar-refractivity contribution in [3.8, 4) is 0 Å². The first-order valence-corrected chi connectivity index (χ1v) is 10.1. The molecule has 0 radical (unpaired) electrons. The van der Waals surface area contributed by atoms with Crippen molar-refractivity contribution in [2.75, 3.05) is 0 Å². The average molecular weight is 361 g/mol. The molecule has 2 rings (SSSR count). The van der Waals surface area contributed by atoms with Gasteiger partial charge in [0.25, 0.3) is 0 Å². The zero-order valence-corrected chi connectivity index (χ0v) is 16.9. The third-order valence-corrected chi connectivity index (χ3v) is 4.46. The fourth-order valence-electron chi connectivity index (χ4n) is 3.20. The lowest BCUT2D eigenvalue weighted by Gasteiger charge is -2.38. The summed E-state index contributed by atoms with van der Waals surface area (Å²) < 4.78 is 18.6. The van der Waals surface area contributed by atoms with E-state index in [2.05, 4.69) is 64.1 Å². The van der Waals surface area contributed by atoms with Gasteiger partial charge < -0.3 is 14.2 Å². The van der Waals surface area contributed by atoms with Gasteiger partial charge in [0, 0.05) is 6.42 Å². The first kappa shape index (κ1) is 21.1. The van der Waals surface area contributed by atoms with Gasteiger partial charge in [-0.05, 0) is 52.0 Å². The average Bonchev–Trinajstić information content (AvgIpc) is 2.60. The molecule has 1 fully saturated rings. The van der Waals surface area contributed by atoms with Crippen molar-refractivity contribution in [2.24, 2.45) is 0 Å². The van der Waals surface area contributed by atoms with Crippen LogP contribution in [0.25, 0.3) is 0 Å². The smallest absolute Gasteiger partial charge is 0.158 e. The van der Waals surface area contributed by atoms with Gasteiger partial charge in [-0.25, -0.2) is 0 Å². The van der Waals surface area contributed by atoms with E-state index >= 15 is 0 Å². The second-order valence-electron chi connectivity index (χ2n) is 8.08. The Kier molecular flexibility index (Phi) is 8.83. The molecule has 1 saturated heterocycles. The predicted octanol–water partition coefficient (Wildman–Crippen LogP) is 6.03. The summed E-state index contributed by atoms with van der Waals surface area (Å²) in [5.74, 6) is 0. The van der Waals surface area contributed by atoms with E-state index in [9.17, 15) is 0 Å². The lowest BCUT2D eigenvalue weighted by molar-refractivity contribution is -0.261. The van der Waals surface area contributed by atoms with Gasteiger partial charge in [-0.2, -0.15) is 0 Å². The van der Waals surface area contributed by atoms with Crippen LogP contribution in [-0.4, -0.2) is 24.1 Å². The summed E-state index contributed by atoms with van der Waals surface area (Å²) in [6.07, 6.45) is 10.9. The van der Waals surface area contributed by atoms with Crippen LogP contribution in [0.4, 0.5) is 0 Å². The van der Waals surface area contributed by atoms with E-state index in [0.29, 0.717) is 6.61 Å². The van der Waals surface area contributed by atoms with Crippen LogP contribution in [0.5, 0.6) is 0 Å². The van der Waals surface area contributed by atoms with E-state index in [1.807, 2.05) is 6.07 Å². The van der Waals surface area contributed by atoms with Crippen molar-refractivity contribution in [1.82, 2.24) is 0 Å². The van der Waals surface area contributed by atoms with Crippen molar-refractivity contribution < 1.29 is 14.2 Å². The van der Waals surface area contributed by atoms with Crippen LogP contribution < -0.4 is 0 Å². The lowest BCUT2D eigenvalue weighted by Crippen LogP contribution is -2.43. The Morgan fingerprint density at radius 2 is 1.81 bits per heavy atom. The molecule has 1 heterocycles. The van der Waals surface area contributed by atoms with Crippen molar-refractivity contribution in [3.05, 3.63) is 48.0 Å². The molecule has 146 valence electrons. The minimum absolute atomic E-state index is 0.0890. The maximum Gasteiger partial charge on any atom is 0.158 e. The Labute approximate surface area is 159 Å². The topological polar surface area (TPSA) is 27.7 Å². The molecule has 1 aromatic rings. The summed E-state index contributed by atoms with van der Waals surface area (Å²) in [7, 11) is 0. The van der Waals surface area contributed by atoms with Crippen LogP contribution in [0.2, 0.25) is 0 Å². The van der Waals surface area contributed by atoms with Gasteiger partial charge in [0.1, 0.15) is 0 Å². The molecule has 3 atom stereocenters. The summed E-state index contributed by atoms with van der Waals surface area (Å²) >= 11 is 0. The molecule has 0 unspecified atom stereocenters. The van der Waals surface area contributed by atoms with E-state index in [1.54, 1.807) is 0 Å². The van der Waals surface area contributed by atoms with Crippen LogP contribution in [0.3, 0.4) is 0 Å². The SMILES string of the molecule is CCC/C=C/CC[C@H]1O[C@H](OC(C)(C)C)CC[C@H]1OCc1ccccc1. The predicted molar refractivity (Wildman–Crippen MR) is 107 cm³/mol. The molecule has 1 aliphatic rings. The number of hydrogen-bond acceptors (Lipinski definition) is 3. The number of ether oxygens (including phenoxy) is 3. The molecule has 0 N–H and O–H groups in total. The Hall–Kier alpha value is -1.16. The highest BCUT2D eigenvalue weighted by Crippen LogP contribution is 2.29. The number of benzene rings is 1. The van der Waals surface area contributed by atoms with Crippen molar-refractivity contribution in [2.45, 2.75) is 96.9 Å². The van der Waals surface area contributed by atoms with E-state index in [-0.39, 0.29) is 24.1 Å². The molecule has 0 spiro atoms. The first-order chi connectivity index (χ1) is 12.5. The van der Waals surface area contributed by atoms with Crippen molar-refractivity contribution >= 4 is 0 Å². The number of hydrogen-bond donors (Lipinski definition) is 0. The molecule has 0 bridgehead atoms. The van der Waals surface area contributed by atoms with Gasteiger partial charge in [0.2, 0.25) is 0 Å². The highest BCUT2D eigenvalue weighted by molar-refractivity contribution is 5.13. The molecule has 3 nitrogen and oxygen atoms in total. The van der Waals surface area contributed by atoms with Gasteiger partial charge in [-0.3, -0.25) is 0 Å². The second-order valence-corrected chi connectivity index (χ2v) is 8.08. The second kappa shape index (κ2) is 10.9. The summed E-state index contributed by atoms with van der Waals surface area (Å²) in [5, 5.41) is 0. The minimum atomic E-state index is -0.187. The quantitative estimate of drug-likeness (QED) is 0.503. The van der Waals surface area contributed by atoms with Crippen LogP contribution in [-0.2, 0) is 20.8 Å². The fraction of sp³-hybridized carbons (Fsp3) is 0.652. The van der Waals surface area contributed by atoms with Crippen LogP contribution in [0, 0.1) is 0 Å². The highest BCUT2D eigenvalue weighted by atomic mass is 16.7. The third kappa shape index (κ3) is 8.03. The van der Waals surface area contributed by atoms with Crippen molar-refractivity contribution in [1.29, 1.82) is 0 Å². The summed E-state index contributed by atoms with van der Waals surface area (Å²) in [6, 6.07) is 10.4. The molecule has 0 aliphatic carbocycles. The molecule has 26 heavy (non-hydrogen) atoms. The lowest BCUT2D eigenvalue weighted by atomic mass is 9.99. The Bertz CT molecular complexity index is 518. The molecule has 1 aliphatic heterocycles. The summed E-state index contributed by atoms with van der Waals surface area (Å²) in [6.45, 7) is 9.09. The molecule has 1 aromatic carbocycles. The minimum Gasteiger partial charge on any atom is -0.371 e. The zero-order valence-electron chi connectivity index (χ0n) is 16.9. The van der Waals surface area contributed by atoms with Crippen LogP contribution >= 0.6 is 0 Å². The monoisotopic (exact) mass is 360 g/mol. The van der Waals surface area contributed by atoms with E-state index in [0.717, 1.165) is 32.1 Å². The largest absolute Gasteiger partial charge is 0.371 e. The normalized spacial score (nSPS) is 24.2. The Morgan fingerprint density at radius 1 is 1.08 bits per heavy atom. The molecule has 3 heteroatoms. The molecule has 0 aromatic heterocycles. The van der Waals surface area contributed by atoms with Gasteiger partial charge in [-0.15, -0.1) is 0 Å². The molecule has 0 saturated carbocycles. The van der Waals surface area contributed by atoms with E-state index in [4.69, 9.17) is 14.2 Å². The third-order valence-electron chi connectivity index (χ3n) is 4.46. The van der Waals surface area contributed by atoms with Crippen molar-refractivity contribution in [3.63, 3.8) is 0 Å². The van der Waals surface area contributed by atoms with E-state index in [1.165, 1.54) is 12.0 Å². The summed E-state index contributed by atoms with van der Waals surface area (Å²) in [4.78, 5) is 0. The van der Waals surface area contributed by atoms with Gasteiger partial charge >= 0.3 is 0 Å². The molecular weight excluding hydrogens is 324 g/mol. The standard InChI is InChI=1S/C23H36O3/c1-5-6-7-8-12-15-21-20(24-18-19-13-10-9-11-14-19)16-17-22(25-21)26-23(2,3)4/h7-11,13-14,20-22H,5-6,12,15-18H2,1-4H3/b8-7+/t20-,21-,22-/m1/s1. The Morgan fingerprint density at radius 3 is 2.50 bits per heavy atom. The summed E-state index contributed by atoms with van der Waals surface area (Å²) in [5.41, 5.74) is 1.02. The maximum absolute atomic E-state index is 6.29. The van der Waals surface area contributed by atoms with Gasteiger partial charge in [0.05, 0.1) is 24.4 Å². The number of rotatable bonds is 9. The number of unbranched alkanes of at least 4 members (excludes halogenated alkanes) is 1. The first-order valence-electron chi connectivity index (χ1n) is 10.1.